The molecule has 1 rings (SSSR count). The second-order valence-electron chi connectivity index (χ2n) is 6.51. The van der Waals surface area contributed by atoms with Crippen LogP contribution in [0.3, 0.4) is 0 Å². The molecular weight excluding hydrogens is 276 g/mol. The minimum atomic E-state index is -0.382. The Bertz CT molecular complexity index is 455. The van der Waals surface area contributed by atoms with Crippen LogP contribution in [0.5, 0.6) is 0 Å². The van der Waals surface area contributed by atoms with Crippen LogP contribution in [0.1, 0.15) is 51.2 Å². The van der Waals surface area contributed by atoms with Crippen molar-refractivity contribution in [1.82, 2.24) is 10.2 Å². The number of nitrogens with zero attached hydrogens (tertiary/aromatic N) is 1. The molecule has 0 radical (unpaired) electrons. The topological polar surface area (TPSA) is 52.6 Å². The lowest BCUT2D eigenvalue weighted by Crippen LogP contribution is -2.43. The molecule has 0 fully saturated rings. The summed E-state index contributed by atoms with van der Waals surface area (Å²) in [5.41, 5.74) is 2.56. The number of amides is 2. The number of urea groups is 1. The van der Waals surface area contributed by atoms with Gasteiger partial charge in [-0.05, 0) is 43.7 Å². The lowest BCUT2D eigenvalue weighted by atomic mass is 9.99. The van der Waals surface area contributed by atoms with Crippen molar-refractivity contribution in [2.45, 2.75) is 58.6 Å². The van der Waals surface area contributed by atoms with E-state index in [0.29, 0.717) is 18.9 Å². The summed E-state index contributed by atoms with van der Waals surface area (Å²) in [4.78, 5) is 13.6. The van der Waals surface area contributed by atoms with Gasteiger partial charge in [0, 0.05) is 19.6 Å². The third-order valence-electron chi connectivity index (χ3n) is 3.79. The first-order valence-corrected chi connectivity index (χ1v) is 8.08. The molecule has 0 spiro atoms. The minimum absolute atomic E-state index is 0.0754. The van der Waals surface area contributed by atoms with Crippen LogP contribution in [0.15, 0.2) is 24.3 Å². The molecule has 1 aromatic rings. The largest absolute Gasteiger partial charge is 0.393 e. The fourth-order valence-corrected chi connectivity index (χ4v) is 2.25. The maximum absolute atomic E-state index is 12.0. The van der Waals surface area contributed by atoms with Gasteiger partial charge in [0.1, 0.15) is 0 Å². The van der Waals surface area contributed by atoms with Crippen LogP contribution in [0.25, 0.3) is 0 Å². The fourth-order valence-electron chi connectivity index (χ4n) is 2.25. The van der Waals surface area contributed by atoms with Crippen LogP contribution in [0.2, 0.25) is 0 Å². The van der Waals surface area contributed by atoms with Gasteiger partial charge in [0.25, 0.3) is 0 Å². The van der Waals surface area contributed by atoms with Gasteiger partial charge in [-0.1, -0.05) is 38.1 Å². The SMILES string of the molecule is CC(O)CCN(C)C(=O)NC(C)Cc1ccc(C(C)C)cc1. The Labute approximate surface area is 134 Å². The molecule has 2 amide bonds. The molecule has 0 saturated carbocycles. The second kappa shape index (κ2) is 8.79. The third-order valence-corrected chi connectivity index (χ3v) is 3.79. The monoisotopic (exact) mass is 306 g/mol. The van der Waals surface area contributed by atoms with Gasteiger partial charge in [-0.25, -0.2) is 4.79 Å². The summed E-state index contributed by atoms with van der Waals surface area (Å²) in [5, 5.41) is 12.3. The molecule has 0 bridgehead atoms. The van der Waals surface area contributed by atoms with Gasteiger partial charge in [-0.15, -0.1) is 0 Å². The Hall–Kier alpha value is -1.55. The first-order valence-electron chi connectivity index (χ1n) is 8.08. The van der Waals surface area contributed by atoms with E-state index in [4.69, 9.17) is 0 Å². The lowest BCUT2D eigenvalue weighted by Gasteiger charge is -2.22. The number of carbonyl (C=O) groups is 1. The van der Waals surface area contributed by atoms with Gasteiger partial charge >= 0.3 is 6.03 Å². The van der Waals surface area contributed by atoms with E-state index in [1.165, 1.54) is 11.1 Å². The quantitative estimate of drug-likeness (QED) is 0.813. The van der Waals surface area contributed by atoms with E-state index in [2.05, 4.69) is 43.4 Å². The van der Waals surface area contributed by atoms with Crippen LogP contribution in [-0.2, 0) is 6.42 Å². The lowest BCUT2D eigenvalue weighted by molar-refractivity contribution is 0.162. The number of rotatable bonds is 7. The van der Waals surface area contributed by atoms with Crippen molar-refractivity contribution in [3.63, 3.8) is 0 Å². The van der Waals surface area contributed by atoms with E-state index in [9.17, 15) is 9.90 Å². The van der Waals surface area contributed by atoms with Crippen molar-refractivity contribution < 1.29 is 9.90 Å². The highest BCUT2D eigenvalue weighted by atomic mass is 16.3. The van der Waals surface area contributed by atoms with Crippen molar-refractivity contribution in [2.75, 3.05) is 13.6 Å². The molecule has 124 valence electrons. The normalized spacial score (nSPS) is 13.8. The maximum Gasteiger partial charge on any atom is 0.317 e. The van der Waals surface area contributed by atoms with Gasteiger partial charge in [-0.2, -0.15) is 0 Å². The molecule has 0 aliphatic carbocycles. The van der Waals surface area contributed by atoms with Crippen molar-refractivity contribution in [1.29, 1.82) is 0 Å². The molecule has 0 heterocycles. The second-order valence-corrected chi connectivity index (χ2v) is 6.51. The minimum Gasteiger partial charge on any atom is -0.393 e. The predicted molar refractivity (Wildman–Crippen MR) is 91.2 cm³/mol. The molecule has 0 saturated heterocycles. The first-order chi connectivity index (χ1) is 10.3. The van der Waals surface area contributed by atoms with Gasteiger partial charge in [0.2, 0.25) is 0 Å². The Morgan fingerprint density at radius 1 is 1.18 bits per heavy atom. The van der Waals surface area contributed by atoms with E-state index in [1.807, 2.05) is 6.92 Å². The number of hydrogen-bond acceptors (Lipinski definition) is 2. The summed E-state index contributed by atoms with van der Waals surface area (Å²) in [6.45, 7) is 8.66. The highest BCUT2D eigenvalue weighted by Crippen LogP contribution is 2.15. The number of benzene rings is 1. The number of nitrogens with one attached hydrogen (secondary N) is 1. The zero-order valence-electron chi connectivity index (χ0n) is 14.5. The molecule has 0 aliphatic heterocycles. The van der Waals surface area contributed by atoms with Crippen molar-refractivity contribution in [2.24, 2.45) is 0 Å². The molecule has 4 heteroatoms. The number of aliphatic hydroxyl groups excluding tert-OH is 1. The zero-order valence-corrected chi connectivity index (χ0v) is 14.5. The highest BCUT2D eigenvalue weighted by molar-refractivity contribution is 5.74. The van der Waals surface area contributed by atoms with Crippen LogP contribution < -0.4 is 5.32 Å². The molecule has 0 aliphatic rings. The summed E-state index contributed by atoms with van der Waals surface area (Å²) in [7, 11) is 1.75. The van der Waals surface area contributed by atoms with Gasteiger partial charge in [-0.3, -0.25) is 0 Å². The Balaban J connectivity index is 2.44. The molecule has 2 atom stereocenters. The molecule has 2 N–H and O–H groups in total. The average molecular weight is 306 g/mol. The Kier molecular flexibility index (Phi) is 7.39. The van der Waals surface area contributed by atoms with E-state index < -0.39 is 0 Å². The molecule has 0 aromatic heterocycles. The van der Waals surface area contributed by atoms with E-state index in [1.54, 1.807) is 18.9 Å². The third kappa shape index (κ3) is 6.48. The van der Waals surface area contributed by atoms with Crippen molar-refractivity contribution in [3.8, 4) is 0 Å². The van der Waals surface area contributed by atoms with E-state index >= 15 is 0 Å². The van der Waals surface area contributed by atoms with Crippen LogP contribution in [0.4, 0.5) is 4.79 Å². The zero-order chi connectivity index (χ0) is 16.7. The molecule has 4 nitrogen and oxygen atoms in total. The van der Waals surface area contributed by atoms with E-state index in [0.717, 1.165) is 6.42 Å². The Morgan fingerprint density at radius 2 is 1.77 bits per heavy atom. The number of carbonyl (C=O) groups excluding carboxylic acids is 1. The number of hydrogen-bond donors (Lipinski definition) is 2. The van der Waals surface area contributed by atoms with Crippen LogP contribution in [-0.4, -0.2) is 41.8 Å². The Morgan fingerprint density at radius 3 is 2.27 bits per heavy atom. The predicted octanol–water partition coefficient (Wildman–Crippen LogP) is 3.15. The van der Waals surface area contributed by atoms with Crippen LogP contribution >= 0.6 is 0 Å². The standard InChI is InChI=1S/C18H30N2O2/c1-13(2)17-8-6-16(7-9-17)12-14(3)19-18(22)20(5)11-10-15(4)21/h6-9,13-15,21H,10-12H2,1-5H3,(H,19,22). The molecule has 2 unspecified atom stereocenters. The summed E-state index contributed by atoms with van der Waals surface area (Å²) in [6.07, 6.45) is 1.02. The molecule has 22 heavy (non-hydrogen) atoms. The van der Waals surface area contributed by atoms with Crippen molar-refractivity contribution in [3.05, 3.63) is 35.4 Å². The molecular formula is C18H30N2O2. The van der Waals surface area contributed by atoms with Gasteiger partial charge in [0.15, 0.2) is 0 Å². The molecule has 1 aromatic carbocycles. The summed E-state index contributed by atoms with van der Waals surface area (Å²) >= 11 is 0. The van der Waals surface area contributed by atoms with Gasteiger partial charge < -0.3 is 15.3 Å². The van der Waals surface area contributed by atoms with Gasteiger partial charge in [0.05, 0.1) is 6.10 Å². The highest BCUT2D eigenvalue weighted by Gasteiger charge is 2.13. The summed E-state index contributed by atoms with van der Waals surface area (Å²) in [6, 6.07) is 8.56. The summed E-state index contributed by atoms with van der Waals surface area (Å²) < 4.78 is 0. The smallest absolute Gasteiger partial charge is 0.317 e. The average Bonchev–Trinajstić information content (AvgIpc) is 2.44. The summed E-state index contributed by atoms with van der Waals surface area (Å²) in [5.74, 6) is 0.536. The van der Waals surface area contributed by atoms with Crippen LogP contribution in [0, 0.1) is 0 Å². The van der Waals surface area contributed by atoms with E-state index in [-0.39, 0.29) is 18.2 Å². The maximum atomic E-state index is 12.0. The number of aliphatic hydroxyl groups is 1. The first kappa shape index (κ1) is 18.5. The van der Waals surface area contributed by atoms with Crippen molar-refractivity contribution >= 4 is 6.03 Å². The fraction of sp³-hybridized carbons (Fsp3) is 0.611.